The van der Waals surface area contributed by atoms with Crippen molar-refractivity contribution in [1.29, 1.82) is 0 Å². The van der Waals surface area contributed by atoms with Crippen LogP contribution in [0.2, 0.25) is 5.02 Å². The van der Waals surface area contributed by atoms with E-state index in [2.05, 4.69) is 20.3 Å². The molecule has 1 aromatic carbocycles. The number of sulfonamides is 1. The second-order valence-corrected chi connectivity index (χ2v) is 8.90. The topological polar surface area (TPSA) is 91.8 Å². The number of hydrogen-bond donors (Lipinski definition) is 3. The first-order chi connectivity index (χ1) is 12.0. The van der Waals surface area contributed by atoms with Crippen LogP contribution < -0.4 is 20.1 Å². The highest BCUT2D eigenvalue weighted by atomic mass is 127. The maximum atomic E-state index is 11.4. The summed E-state index contributed by atoms with van der Waals surface area (Å²) in [5.41, 5.74) is -0.679. The lowest BCUT2D eigenvalue weighted by Gasteiger charge is -2.24. The fourth-order valence-corrected chi connectivity index (χ4v) is 3.37. The molecule has 0 aliphatic heterocycles. The highest BCUT2D eigenvalue weighted by Gasteiger charge is 2.22. The lowest BCUT2D eigenvalue weighted by Crippen LogP contribution is -2.47. The third kappa shape index (κ3) is 12.3. The van der Waals surface area contributed by atoms with Crippen molar-refractivity contribution in [2.75, 3.05) is 25.9 Å². The van der Waals surface area contributed by atoms with Gasteiger partial charge in [-0.3, -0.25) is 4.99 Å². The summed E-state index contributed by atoms with van der Waals surface area (Å²) >= 11 is 5.86. The molecular weight excluding hydrogens is 503 g/mol. The van der Waals surface area contributed by atoms with E-state index in [1.54, 1.807) is 26.0 Å². The van der Waals surface area contributed by atoms with Crippen LogP contribution in [0.3, 0.4) is 0 Å². The fourth-order valence-electron chi connectivity index (χ4n) is 2.18. The summed E-state index contributed by atoms with van der Waals surface area (Å²) in [5, 5.41) is 6.99. The highest BCUT2D eigenvalue weighted by molar-refractivity contribution is 14.0. The third-order valence-electron chi connectivity index (χ3n) is 3.15. The molecule has 0 radical (unpaired) electrons. The molecule has 0 aliphatic rings. The monoisotopic (exact) mass is 532 g/mol. The Kier molecular flexibility index (Phi) is 11.6. The summed E-state index contributed by atoms with van der Waals surface area (Å²) in [5.74, 6) is 1.34. The van der Waals surface area contributed by atoms with E-state index in [1.807, 2.05) is 26.0 Å². The second-order valence-electron chi connectivity index (χ2n) is 6.72. The molecule has 156 valence electrons. The van der Waals surface area contributed by atoms with Gasteiger partial charge >= 0.3 is 0 Å². The summed E-state index contributed by atoms with van der Waals surface area (Å²) in [6, 6.07) is 7.19. The van der Waals surface area contributed by atoms with Gasteiger partial charge in [0.1, 0.15) is 11.9 Å². The van der Waals surface area contributed by atoms with Crippen LogP contribution in [0.1, 0.15) is 27.7 Å². The van der Waals surface area contributed by atoms with Gasteiger partial charge in [-0.2, -0.15) is 0 Å². The van der Waals surface area contributed by atoms with Crippen molar-refractivity contribution in [3.05, 3.63) is 29.3 Å². The zero-order valence-corrected chi connectivity index (χ0v) is 20.3. The van der Waals surface area contributed by atoms with Crippen LogP contribution in [0.4, 0.5) is 0 Å². The average Bonchev–Trinajstić information content (AvgIpc) is 2.50. The van der Waals surface area contributed by atoms with Crippen molar-refractivity contribution in [1.82, 2.24) is 15.4 Å². The maximum absolute atomic E-state index is 11.4. The van der Waals surface area contributed by atoms with Crippen molar-refractivity contribution >= 4 is 51.6 Å². The third-order valence-corrected chi connectivity index (χ3v) is 4.32. The smallest absolute Gasteiger partial charge is 0.209 e. The SMILES string of the molecule is CCNC(=NCC(C)(C)NS(C)(=O)=O)NCC(C)Oc1ccc(Cl)cc1.I. The molecule has 0 fully saturated rings. The first-order valence-corrected chi connectivity index (χ1v) is 10.7. The Morgan fingerprint density at radius 2 is 1.85 bits per heavy atom. The van der Waals surface area contributed by atoms with Gasteiger partial charge in [-0.25, -0.2) is 13.1 Å². The molecular formula is C17H30ClIN4O3S. The van der Waals surface area contributed by atoms with Gasteiger partial charge < -0.3 is 15.4 Å². The molecule has 1 rings (SSSR count). The van der Waals surface area contributed by atoms with Crippen molar-refractivity contribution in [2.45, 2.75) is 39.3 Å². The molecule has 0 saturated carbocycles. The van der Waals surface area contributed by atoms with Crippen LogP contribution in [0.5, 0.6) is 5.75 Å². The lowest BCUT2D eigenvalue weighted by atomic mass is 10.1. The van der Waals surface area contributed by atoms with E-state index in [1.165, 1.54) is 0 Å². The Morgan fingerprint density at radius 1 is 1.26 bits per heavy atom. The minimum absolute atomic E-state index is 0. The summed E-state index contributed by atoms with van der Waals surface area (Å²) in [7, 11) is -3.29. The molecule has 0 bridgehead atoms. The Labute approximate surface area is 184 Å². The molecule has 1 unspecified atom stereocenters. The van der Waals surface area contributed by atoms with Crippen molar-refractivity contribution < 1.29 is 13.2 Å². The van der Waals surface area contributed by atoms with Gasteiger partial charge in [-0.05, 0) is 52.0 Å². The minimum Gasteiger partial charge on any atom is -0.489 e. The summed E-state index contributed by atoms with van der Waals surface area (Å²) in [6.45, 7) is 9.00. The number of nitrogens with zero attached hydrogens (tertiary/aromatic N) is 1. The number of ether oxygens (including phenoxy) is 1. The average molecular weight is 533 g/mol. The van der Waals surface area contributed by atoms with Gasteiger partial charge in [0.05, 0.1) is 19.3 Å². The highest BCUT2D eigenvalue weighted by Crippen LogP contribution is 2.16. The molecule has 10 heteroatoms. The van der Waals surface area contributed by atoms with Gasteiger partial charge in [-0.15, -0.1) is 24.0 Å². The Bertz CT molecular complexity index is 697. The Hall–Kier alpha value is -0.780. The molecule has 3 N–H and O–H groups in total. The van der Waals surface area contributed by atoms with Gasteiger partial charge in [-0.1, -0.05) is 11.6 Å². The number of rotatable bonds is 9. The number of benzene rings is 1. The predicted octanol–water partition coefficient (Wildman–Crippen LogP) is 2.61. The van der Waals surface area contributed by atoms with E-state index >= 15 is 0 Å². The van der Waals surface area contributed by atoms with E-state index < -0.39 is 15.6 Å². The van der Waals surface area contributed by atoms with E-state index in [4.69, 9.17) is 16.3 Å². The minimum atomic E-state index is -3.29. The summed E-state index contributed by atoms with van der Waals surface area (Å²) in [4.78, 5) is 4.45. The number of hydrogen-bond acceptors (Lipinski definition) is 4. The van der Waals surface area contributed by atoms with Crippen LogP contribution in [-0.2, 0) is 10.0 Å². The predicted molar refractivity (Wildman–Crippen MR) is 123 cm³/mol. The van der Waals surface area contributed by atoms with Crippen LogP contribution >= 0.6 is 35.6 Å². The number of aliphatic imine (C=N–C) groups is 1. The maximum Gasteiger partial charge on any atom is 0.209 e. The quantitative estimate of drug-likeness (QED) is 0.258. The first-order valence-electron chi connectivity index (χ1n) is 8.44. The molecule has 0 heterocycles. The van der Waals surface area contributed by atoms with Gasteiger partial charge in [0, 0.05) is 17.1 Å². The standard InChI is InChI=1S/C17H29ClN4O3S.HI/c1-6-19-16(21-12-17(3,4)22-26(5,23)24)20-11-13(2)25-15-9-7-14(18)8-10-15;/h7-10,13,22H,6,11-12H2,1-5H3,(H2,19,20,21);1H. The van der Waals surface area contributed by atoms with Crippen molar-refractivity contribution in [2.24, 2.45) is 4.99 Å². The van der Waals surface area contributed by atoms with Crippen LogP contribution in [0.15, 0.2) is 29.3 Å². The molecule has 0 aromatic heterocycles. The number of nitrogens with one attached hydrogen (secondary N) is 3. The fraction of sp³-hybridized carbons (Fsp3) is 0.588. The van der Waals surface area contributed by atoms with Crippen molar-refractivity contribution in [3.8, 4) is 5.75 Å². The van der Waals surface area contributed by atoms with Crippen LogP contribution in [0.25, 0.3) is 0 Å². The van der Waals surface area contributed by atoms with E-state index in [0.717, 1.165) is 12.0 Å². The molecule has 0 saturated heterocycles. The van der Waals surface area contributed by atoms with E-state index in [9.17, 15) is 8.42 Å². The molecule has 1 atom stereocenters. The molecule has 0 spiro atoms. The first kappa shape index (κ1) is 26.2. The normalized spacial score (nSPS) is 13.5. The van der Waals surface area contributed by atoms with Gasteiger partial charge in [0.2, 0.25) is 10.0 Å². The van der Waals surface area contributed by atoms with Crippen LogP contribution in [-0.4, -0.2) is 51.9 Å². The largest absolute Gasteiger partial charge is 0.489 e. The Balaban J connectivity index is 0.00000676. The zero-order valence-electron chi connectivity index (χ0n) is 16.4. The molecule has 0 aliphatic carbocycles. The molecule has 7 nitrogen and oxygen atoms in total. The van der Waals surface area contributed by atoms with E-state index in [0.29, 0.717) is 30.6 Å². The van der Waals surface area contributed by atoms with Gasteiger partial charge in [0.15, 0.2) is 5.96 Å². The van der Waals surface area contributed by atoms with Crippen molar-refractivity contribution in [3.63, 3.8) is 0 Å². The Morgan fingerprint density at radius 3 is 2.37 bits per heavy atom. The molecule has 1 aromatic rings. The summed E-state index contributed by atoms with van der Waals surface area (Å²) in [6.07, 6.45) is 1.04. The van der Waals surface area contributed by atoms with E-state index in [-0.39, 0.29) is 30.1 Å². The molecule has 0 amide bonds. The summed E-state index contributed by atoms with van der Waals surface area (Å²) < 4.78 is 31.2. The van der Waals surface area contributed by atoms with Gasteiger partial charge in [0.25, 0.3) is 0 Å². The zero-order chi connectivity index (χ0) is 19.8. The second kappa shape index (κ2) is 11.9. The number of halogens is 2. The number of guanidine groups is 1. The molecule has 27 heavy (non-hydrogen) atoms. The lowest BCUT2D eigenvalue weighted by molar-refractivity contribution is 0.224. The van der Waals surface area contributed by atoms with Crippen LogP contribution in [0, 0.1) is 0 Å².